The molecule has 0 radical (unpaired) electrons. The molecule has 0 aromatic heterocycles. The van der Waals surface area contributed by atoms with Crippen LogP contribution in [0.2, 0.25) is 0 Å². The lowest BCUT2D eigenvalue weighted by molar-refractivity contribution is -0.208. The summed E-state index contributed by atoms with van der Waals surface area (Å²) in [6.07, 6.45) is 23.9. The fraction of sp³-hybridized carbons (Fsp3) is 1.00. The molecule has 10 rings (SSSR count). The van der Waals surface area contributed by atoms with Gasteiger partial charge in [-0.05, 0) is 206 Å². The summed E-state index contributed by atoms with van der Waals surface area (Å²) in [6, 6.07) is 0. The van der Waals surface area contributed by atoms with E-state index in [0.29, 0.717) is 67.7 Å². The summed E-state index contributed by atoms with van der Waals surface area (Å²) in [5, 5.41) is 1.11. The molecule has 0 amide bonds. The molecule has 9 unspecified atom stereocenters. The highest BCUT2D eigenvalue weighted by Crippen LogP contribution is 2.30. The summed E-state index contributed by atoms with van der Waals surface area (Å²) in [5.74, 6) is 20.4. The maximum Gasteiger partial charge on any atom is 0.112 e. The molecule has 0 aromatic carbocycles. The third-order valence-electron chi connectivity index (χ3n) is 17.7. The lowest BCUT2D eigenvalue weighted by Crippen LogP contribution is -2.50. The zero-order valence-corrected chi connectivity index (χ0v) is 68.6. The van der Waals surface area contributed by atoms with Crippen LogP contribution < -0.4 is 0 Å². The second kappa shape index (κ2) is 63.9. The van der Waals surface area contributed by atoms with E-state index in [1.54, 1.807) is 71.1 Å². The van der Waals surface area contributed by atoms with Gasteiger partial charge in [-0.1, -0.05) is 12.8 Å². The molecule has 0 aliphatic carbocycles. The minimum absolute atomic E-state index is 0.0488. The standard InChI is InChI=1S/C8H16O3.C8H16O2S.C8H16OS.3C7H14O2S.3C7H14OS.C4H8O2/c1-7(9-3)4-11-8(2)5-10-6-8;1-7(10-2)3-4-8-5-11(9)6-8;1-7(9-2)3-4-8-5-10-6-8;1-9-6-7-2-4-10(8)5-3-7;1-9-5-7-3-2-4-10(8)6-7;1-9-6-7-4-2-3-5-10(7)8;1-8-6-7-2-4-9-5-3-7;1-8-5-7-3-2-4-9-6-7;1-8-6-7-4-2-3-5-9-7;1-5-4-2-6-3-4/h7H,4-6H2,1-3H3;7-8H,3-6H2,1-2H3;7-8H,3-6H2,1-2H3;3*7H,2-6H2,1H3;3*7H,2-6H2,1H3;4H,2-3H2,1H3. The van der Waals surface area contributed by atoms with Crippen LogP contribution in [0.25, 0.3) is 0 Å². The molecular formula is C70H140O17S8. The van der Waals surface area contributed by atoms with Crippen molar-refractivity contribution < 1.29 is 78.4 Å². The molecule has 0 bridgehead atoms. The van der Waals surface area contributed by atoms with Gasteiger partial charge in [-0.3, -0.25) is 16.8 Å². The van der Waals surface area contributed by atoms with Crippen molar-refractivity contribution in [3.8, 4) is 0 Å². The van der Waals surface area contributed by atoms with Gasteiger partial charge in [0.25, 0.3) is 0 Å². The molecule has 95 heavy (non-hydrogen) atoms. The minimum Gasteiger partial charge on any atom is -0.384 e. The van der Waals surface area contributed by atoms with E-state index in [-0.39, 0.29) is 11.7 Å². The number of ether oxygens (including phenoxy) is 13. The van der Waals surface area contributed by atoms with Crippen molar-refractivity contribution in [2.75, 3.05) is 224 Å². The number of hydrogen-bond donors (Lipinski definition) is 0. The molecule has 10 aliphatic rings. The maximum atomic E-state index is 11.2. The molecule has 570 valence electrons. The molecule has 17 nitrogen and oxygen atoms in total. The molecule has 9 atom stereocenters. The topological polar surface area (TPSA) is 188 Å². The summed E-state index contributed by atoms with van der Waals surface area (Å²) >= 11 is 8.26. The first-order chi connectivity index (χ1) is 45.9. The Bertz CT molecular complexity index is 1730. The molecule has 0 aromatic rings. The van der Waals surface area contributed by atoms with Crippen molar-refractivity contribution in [3.63, 3.8) is 0 Å². The second-order valence-electron chi connectivity index (χ2n) is 26.7. The van der Waals surface area contributed by atoms with E-state index in [2.05, 4.69) is 67.8 Å². The van der Waals surface area contributed by atoms with Gasteiger partial charge >= 0.3 is 0 Å². The van der Waals surface area contributed by atoms with E-state index in [1.165, 1.54) is 117 Å². The molecule has 0 saturated carbocycles. The SMILES string of the molecule is COC(C)CCC1CS(=O)C1.COC(C)CCC1CSC1.COC(C)COC1(C)COC1.COC1COC1.COCC1CCCCS1.COCC1CCCCS1=O.COCC1CCCS(=O)C1.COCC1CCCSC1.COCC1CCS(=O)CC1.COCC1CCSCC1. The Morgan fingerprint density at radius 2 is 0.979 bits per heavy atom. The lowest BCUT2D eigenvalue weighted by atomic mass is 10.0. The van der Waals surface area contributed by atoms with Crippen LogP contribution in [0.4, 0.5) is 0 Å². The third kappa shape index (κ3) is 52.2. The van der Waals surface area contributed by atoms with E-state index in [9.17, 15) is 16.8 Å². The van der Waals surface area contributed by atoms with Gasteiger partial charge in [0.1, 0.15) is 11.7 Å². The zero-order valence-electron chi connectivity index (χ0n) is 62.0. The van der Waals surface area contributed by atoms with Gasteiger partial charge in [0, 0.05) is 186 Å². The molecular weight excluding hydrogens is 1370 g/mol. The molecule has 10 saturated heterocycles. The van der Waals surface area contributed by atoms with Crippen LogP contribution in [0.1, 0.15) is 143 Å². The van der Waals surface area contributed by atoms with E-state index in [4.69, 9.17) is 61.6 Å². The molecule has 0 N–H and O–H groups in total. The Hall–Kier alpha value is 1.48. The van der Waals surface area contributed by atoms with Gasteiger partial charge in [0.05, 0.1) is 69.8 Å². The van der Waals surface area contributed by atoms with Gasteiger partial charge in [-0.15, -0.1) is 0 Å². The normalized spacial score (nSPS) is 28.7. The highest BCUT2D eigenvalue weighted by atomic mass is 32.2. The van der Waals surface area contributed by atoms with Crippen LogP contribution in [-0.2, 0) is 105 Å². The van der Waals surface area contributed by atoms with Gasteiger partial charge < -0.3 is 61.6 Å². The van der Waals surface area contributed by atoms with Crippen molar-refractivity contribution >= 4 is 90.2 Å². The van der Waals surface area contributed by atoms with Crippen molar-refractivity contribution in [1.82, 2.24) is 0 Å². The highest BCUT2D eigenvalue weighted by Gasteiger charge is 2.35. The Morgan fingerprint density at radius 1 is 0.442 bits per heavy atom. The van der Waals surface area contributed by atoms with Crippen molar-refractivity contribution in [3.05, 3.63) is 0 Å². The monoisotopic (exact) mass is 1510 g/mol. The fourth-order valence-corrected chi connectivity index (χ4v) is 20.9. The van der Waals surface area contributed by atoms with Crippen LogP contribution in [0.3, 0.4) is 0 Å². The van der Waals surface area contributed by atoms with Gasteiger partial charge in [-0.2, -0.15) is 47.0 Å². The number of thioether (sulfide) groups is 4. The molecule has 10 aliphatic heterocycles. The largest absolute Gasteiger partial charge is 0.384 e. The molecule has 10 fully saturated rings. The first-order valence-corrected chi connectivity index (χ1v) is 45.9. The Balaban J connectivity index is 0.000000529. The fourth-order valence-electron chi connectivity index (χ4n) is 10.8. The van der Waals surface area contributed by atoms with Crippen LogP contribution >= 0.6 is 47.0 Å². The predicted octanol–water partition coefficient (Wildman–Crippen LogP) is 12.2. The first kappa shape index (κ1) is 94.5. The summed E-state index contributed by atoms with van der Waals surface area (Å²) in [7, 11) is 15.2. The third-order valence-corrected chi connectivity index (χ3v) is 29.3. The number of methoxy groups -OCH3 is 10. The summed E-state index contributed by atoms with van der Waals surface area (Å²) < 4.78 is 110. The van der Waals surface area contributed by atoms with E-state index >= 15 is 0 Å². The number of hydrogen-bond acceptors (Lipinski definition) is 21. The van der Waals surface area contributed by atoms with E-state index in [1.807, 2.05) is 6.92 Å². The van der Waals surface area contributed by atoms with Gasteiger partial charge in [-0.25, -0.2) is 0 Å². The average molecular weight is 1510 g/mol. The Morgan fingerprint density at radius 3 is 1.42 bits per heavy atom. The molecule has 0 spiro atoms. The minimum atomic E-state index is -0.603. The van der Waals surface area contributed by atoms with Crippen LogP contribution in [0.15, 0.2) is 0 Å². The Labute approximate surface area is 607 Å². The van der Waals surface area contributed by atoms with Crippen molar-refractivity contribution in [1.29, 1.82) is 0 Å². The summed E-state index contributed by atoms with van der Waals surface area (Å²) in [5.41, 5.74) is -0.0488. The van der Waals surface area contributed by atoms with Crippen molar-refractivity contribution in [2.24, 2.45) is 35.5 Å². The van der Waals surface area contributed by atoms with Crippen molar-refractivity contribution in [2.45, 2.75) is 184 Å². The highest BCUT2D eigenvalue weighted by molar-refractivity contribution is 8.00. The second-order valence-corrected chi connectivity index (χ2v) is 38.2. The molecule has 10 heterocycles. The predicted molar refractivity (Wildman–Crippen MR) is 410 cm³/mol. The quantitative estimate of drug-likeness (QED) is 0.0838. The Kier molecular flexibility index (Phi) is 63.6. The lowest BCUT2D eigenvalue weighted by Gasteiger charge is -2.38. The van der Waals surface area contributed by atoms with Crippen LogP contribution in [0.5, 0.6) is 0 Å². The van der Waals surface area contributed by atoms with Gasteiger partial charge in [0.2, 0.25) is 0 Å². The maximum absolute atomic E-state index is 11.2. The van der Waals surface area contributed by atoms with Crippen LogP contribution in [0, 0.1) is 35.5 Å². The summed E-state index contributed by atoms with van der Waals surface area (Å²) in [6.45, 7) is 17.1. The van der Waals surface area contributed by atoms with Gasteiger partial charge in [0.15, 0.2) is 0 Å². The average Bonchev–Trinajstić information content (AvgIpc) is 1.09. The van der Waals surface area contributed by atoms with E-state index in [0.717, 1.165) is 148 Å². The zero-order chi connectivity index (χ0) is 70.2. The van der Waals surface area contributed by atoms with Crippen LogP contribution in [-0.4, -0.2) is 282 Å². The molecule has 25 heteroatoms. The van der Waals surface area contributed by atoms with E-state index < -0.39 is 43.2 Å². The smallest absolute Gasteiger partial charge is 0.112 e. The number of rotatable bonds is 25. The summed E-state index contributed by atoms with van der Waals surface area (Å²) in [4.78, 5) is 0. The first-order valence-electron chi connectivity index (χ1n) is 35.5.